The van der Waals surface area contributed by atoms with Gasteiger partial charge in [-0.1, -0.05) is 6.07 Å². The van der Waals surface area contributed by atoms with Gasteiger partial charge in [0.05, 0.1) is 6.61 Å². The highest BCUT2D eigenvalue weighted by Gasteiger charge is 2.42. The van der Waals surface area contributed by atoms with Gasteiger partial charge in [0, 0.05) is 44.4 Å². The Labute approximate surface area is 192 Å². The van der Waals surface area contributed by atoms with E-state index in [4.69, 9.17) is 9.47 Å². The number of alkyl halides is 2. The third-order valence-electron chi connectivity index (χ3n) is 7.53. The lowest BCUT2D eigenvalue weighted by molar-refractivity contribution is -0.166. The second-order valence-electron chi connectivity index (χ2n) is 9.90. The van der Waals surface area contributed by atoms with Gasteiger partial charge in [0.15, 0.2) is 17.9 Å². The predicted molar refractivity (Wildman–Crippen MR) is 115 cm³/mol. The van der Waals surface area contributed by atoms with Crippen molar-refractivity contribution in [2.24, 2.45) is 5.92 Å². The Bertz CT molecular complexity index is 820. The summed E-state index contributed by atoms with van der Waals surface area (Å²) < 4.78 is 66.5. The van der Waals surface area contributed by atoms with Crippen LogP contribution in [0.5, 0.6) is 0 Å². The van der Waals surface area contributed by atoms with E-state index in [1.165, 1.54) is 6.07 Å². The predicted octanol–water partition coefficient (Wildman–Crippen LogP) is 5.58. The van der Waals surface area contributed by atoms with Crippen molar-refractivity contribution < 1.29 is 31.8 Å². The van der Waals surface area contributed by atoms with E-state index in [1.54, 1.807) is 11.0 Å². The fourth-order valence-corrected chi connectivity index (χ4v) is 5.44. The fourth-order valence-electron chi connectivity index (χ4n) is 5.44. The Balaban J connectivity index is 1.48. The van der Waals surface area contributed by atoms with Crippen molar-refractivity contribution in [2.45, 2.75) is 81.8 Å². The van der Waals surface area contributed by atoms with Gasteiger partial charge in [0.1, 0.15) is 0 Å². The normalized spacial score (nSPS) is 28.8. The summed E-state index contributed by atoms with van der Waals surface area (Å²) in [4.78, 5) is 14.5. The first-order valence-electron chi connectivity index (χ1n) is 12.1. The average molecular weight is 472 g/mol. The number of hydrogen-bond acceptors (Lipinski definition) is 3. The lowest BCUT2D eigenvalue weighted by atomic mass is 9.71. The van der Waals surface area contributed by atoms with Crippen LogP contribution in [-0.2, 0) is 19.7 Å². The minimum Gasteiger partial charge on any atom is -0.353 e. The molecular formula is C25H33F4NO3. The molecule has 2 unspecified atom stereocenters. The number of hydrogen-bond donors (Lipinski definition) is 0. The van der Waals surface area contributed by atoms with Gasteiger partial charge in [-0.25, -0.2) is 17.6 Å². The maximum absolute atomic E-state index is 14.2. The third-order valence-corrected chi connectivity index (χ3v) is 7.53. The van der Waals surface area contributed by atoms with Gasteiger partial charge in [-0.05, 0) is 68.6 Å². The smallest absolute Gasteiger partial charge is 0.248 e. The largest absolute Gasteiger partial charge is 0.353 e. The van der Waals surface area contributed by atoms with Crippen LogP contribution in [0.25, 0.3) is 0 Å². The van der Waals surface area contributed by atoms with Gasteiger partial charge in [-0.2, -0.15) is 0 Å². The van der Waals surface area contributed by atoms with E-state index in [0.29, 0.717) is 57.6 Å². The molecule has 8 heteroatoms. The molecule has 2 heterocycles. The van der Waals surface area contributed by atoms with Gasteiger partial charge in [-0.3, -0.25) is 4.79 Å². The zero-order chi connectivity index (χ0) is 23.5. The Morgan fingerprint density at radius 3 is 2.55 bits per heavy atom. The van der Waals surface area contributed by atoms with Crippen LogP contribution in [0, 0.1) is 17.6 Å². The molecule has 2 aliphatic heterocycles. The zero-order valence-electron chi connectivity index (χ0n) is 19.0. The van der Waals surface area contributed by atoms with E-state index in [9.17, 15) is 22.4 Å². The molecule has 0 aromatic heterocycles. The van der Waals surface area contributed by atoms with E-state index < -0.39 is 23.0 Å². The SMILES string of the molecule is O=C1CCC(CCOC2CCCCO2)(c2ccc(F)c(F)c2)CN1CC1CCC(F)(F)CC1. The number of benzene rings is 1. The summed E-state index contributed by atoms with van der Waals surface area (Å²) in [5, 5.41) is 0. The molecule has 0 N–H and O–H groups in total. The molecule has 3 aliphatic rings. The van der Waals surface area contributed by atoms with E-state index in [-0.39, 0.29) is 37.4 Å². The highest BCUT2D eigenvalue weighted by Crippen LogP contribution is 2.41. The van der Waals surface area contributed by atoms with Crippen LogP contribution in [0.2, 0.25) is 0 Å². The van der Waals surface area contributed by atoms with E-state index in [1.807, 2.05) is 0 Å². The summed E-state index contributed by atoms with van der Waals surface area (Å²) in [6.07, 6.45) is 4.42. The van der Waals surface area contributed by atoms with Crippen molar-refractivity contribution in [1.82, 2.24) is 4.90 Å². The summed E-state index contributed by atoms with van der Waals surface area (Å²) in [5.41, 5.74) is 0.0534. The maximum Gasteiger partial charge on any atom is 0.248 e. The molecule has 3 fully saturated rings. The molecule has 4 nitrogen and oxygen atoms in total. The van der Waals surface area contributed by atoms with Crippen LogP contribution >= 0.6 is 0 Å². The van der Waals surface area contributed by atoms with Gasteiger partial charge in [-0.15, -0.1) is 0 Å². The molecule has 4 rings (SSSR count). The van der Waals surface area contributed by atoms with Crippen molar-refractivity contribution >= 4 is 5.91 Å². The molecule has 1 saturated carbocycles. The van der Waals surface area contributed by atoms with Crippen LogP contribution in [0.4, 0.5) is 17.6 Å². The number of rotatable bonds is 7. The molecule has 1 amide bonds. The summed E-state index contributed by atoms with van der Waals surface area (Å²) in [6, 6.07) is 3.94. The average Bonchev–Trinajstić information content (AvgIpc) is 2.80. The Morgan fingerprint density at radius 1 is 1.06 bits per heavy atom. The number of ether oxygens (including phenoxy) is 2. The summed E-state index contributed by atoms with van der Waals surface area (Å²) in [6.45, 7) is 1.81. The molecule has 0 spiro atoms. The number of piperidine rings is 1. The molecule has 1 aromatic rings. The second kappa shape index (κ2) is 10.3. The number of amides is 1. The fraction of sp³-hybridized carbons (Fsp3) is 0.720. The maximum atomic E-state index is 14.2. The topological polar surface area (TPSA) is 38.8 Å². The molecule has 1 aromatic carbocycles. The first-order chi connectivity index (χ1) is 15.8. The number of nitrogens with zero attached hydrogens (tertiary/aromatic N) is 1. The van der Waals surface area contributed by atoms with Crippen LogP contribution < -0.4 is 0 Å². The number of carbonyl (C=O) groups excluding carboxylic acids is 1. The second-order valence-corrected chi connectivity index (χ2v) is 9.90. The lowest BCUT2D eigenvalue weighted by Gasteiger charge is -2.45. The van der Waals surface area contributed by atoms with Gasteiger partial charge in [0.2, 0.25) is 11.8 Å². The van der Waals surface area contributed by atoms with Crippen molar-refractivity contribution in [3.8, 4) is 0 Å². The minimum absolute atomic E-state index is 0.0120. The molecule has 2 saturated heterocycles. The van der Waals surface area contributed by atoms with Crippen LogP contribution in [0.15, 0.2) is 18.2 Å². The quantitative estimate of drug-likeness (QED) is 0.487. The highest BCUT2D eigenvalue weighted by atomic mass is 19.3. The van der Waals surface area contributed by atoms with Gasteiger partial charge >= 0.3 is 0 Å². The van der Waals surface area contributed by atoms with Crippen molar-refractivity contribution in [2.75, 3.05) is 26.3 Å². The minimum atomic E-state index is -2.61. The van der Waals surface area contributed by atoms with Crippen LogP contribution in [0.3, 0.4) is 0 Å². The standard InChI is InChI=1S/C25H33F4NO3/c26-20-5-4-19(15-21(20)27)24(12-14-33-23-3-1-2-13-32-23)9-8-22(31)30(17-24)16-18-6-10-25(28,29)11-7-18/h4-5,15,18,23H,1-3,6-14,16-17H2. The molecular weight excluding hydrogens is 438 g/mol. The van der Waals surface area contributed by atoms with E-state index in [0.717, 1.165) is 25.3 Å². The highest BCUT2D eigenvalue weighted by molar-refractivity contribution is 5.77. The summed E-state index contributed by atoms with van der Waals surface area (Å²) >= 11 is 0. The van der Waals surface area contributed by atoms with Crippen LogP contribution in [0.1, 0.15) is 69.8 Å². The van der Waals surface area contributed by atoms with Crippen LogP contribution in [-0.4, -0.2) is 49.3 Å². The molecule has 33 heavy (non-hydrogen) atoms. The number of halogens is 4. The molecule has 0 bridgehead atoms. The van der Waals surface area contributed by atoms with Crippen molar-refractivity contribution in [1.29, 1.82) is 0 Å². The number of carbonyl (C=O) groups is 1. The molecule has 1 aliphatic carbocycles. The molecule has 184 valence electrons. The first-order valence-corrected chi connectivity index (χ1v) is 12.1. The van der Waals surface area contributed by atoms with E-state index >= 15 is 0 Å². The van der Waals surface area contributed by atoms with Crippen molar-refractivity contribution in [3.05, 3.63) is 35.4 Å². The monoisotopic (exact) mass is 471 g/mol. The summed E-state index contributed by atoms with van der Waals surface area (Å²) in [7, 11) is 0. The summed E-state index contributed by atoms with van der Waals surface area (Å²) in [5.74, 6) is -4.42. The molecule has 0 radical (unpaired) electrons. The number of likely N-dealkylation sites (tertiary alicyclic amines) is 1. The first kappa shape index (κ1) is 24.5. The van der Waals surface area contributed by atoms with Crippen molar-refractivity contribution in [3.63, 3.8) is 0 Å². The van der Waals surface area contributed by atoms with E-state index in [2.05, 4.69) is 0 Å². The Morgan fingerprint density at radius 2 is 1.85 bits per heavy atom. The van der Waals surface area contributed by atoms with Gasteiger partial charge in [0.25, 0.3) is 0 Å². The Kier molecular flexibility index (Phi) is 7.63. The third kappa shape index (κ3) is 6.07. The zero-order valence-corrected chi connectivity index (χ0v) is 19.0. The Hall–Kier alpha value is -1.67. The molecule has 2 atom stereocenters. The van der Waals surface area contributed by atoms with Gasteiger partial charge < -0.3 is 14.4 Å². The lowest BCUT2D eigenvalue weighted by Crippen LogP contribution is -2.51.